The number of rotatable bonds is 4. The van der Waals surface area contributed by atoms with Gasteiger partial charge in [0.05, 0.1) is 10.6 Å². The van der Waals surface area contributed by atoms with E-state index in [4.69, 9.17) is 0 Å². The summed E-state index contributed by atoms with van der Waals surface area (Å²) in [7, 11) is 3.38. The Balaban J connectivity index is 1.72. The molecule has 0 saturated carbocycles. The van der Waals surface area contributed by atoms with Gasteiger partial charge in [-0.2, -0.15) is 0 Å². The highest BCUT2D eigenvalue weighted by atomic mass is 32.1. The first kappa shape index (κ1) is 21.0. The number of thiophene rings is 1. The maximum absolute atomic E-state index is 13.4. The maximum atomic E-state index is 13.4. The van der Waals surface area contributed by atoms with Crippen molar-refractivity contribution < 1.29 is 9.59 Å². The average Bonchev–Trinajstić information content (AvgIpc) is 3.21. The van der Waals surface area contributed by atoms with Crippen LogP contribution in [0.1, 0.15) is 22.9 Å². The molecule has 31 heavy (non-hydrogen) atoms. The van der Waals surface area contributed by atoms with E-state index in [-0.39, 0.29) is 11.8 Å². The summed E-state index contributed by atoms with van der Waals surface area (Å²) in [5, 5.41) is 0. The van der Waals surface area contributed by atoms with Gasteiger partial charge in [0.15, 0.2) is 0 Å². The Kier molecular flexibility index (Phi) is 5.50. The van der Waals surface area contributed by atoms with Crippen molar-refractivity contribution in [3.8, 4) is 10.6 Å². The highest BCUT2D eigenvalue weighted by molar-refractivity contribution is 7.15. The van der Waals surface area contributed by atoms with Gasteiger partial charge in [-0.15, -0.1) is 11.3 Å². The molecule has 1 aliphatic heterocycles. The first-order chi connectivity index (χ1) is 14.8. The van der Waals surface area contributed by atoms with Gasteiger partial charge in [-0.1, -0.05) is 36.4 Å². The first-order valence-corrected chi connectivity index (χ1v) is 11.0. The van der Waals surface area contributed by atoms with Crippen LogP contribution >= 0.6 is 11.3 Å². The van der Waals surface area contributed by atoms with Gasteiger partial charge < -0.3 is 9.80 Å². The standard InChI is InChI=1S/C25H25N3O2S/c1-17-12-13-21(31-17)22-19(11-8-14-26-22)15-20-23(29)28(4)25(2,24(30)27(20)3)16-18-9-6-5-7-10-18/h5-15H,16H2,1-4H3. The lowest BCUT2D eigenvalue weighted by atomic mass is 9.87. The van der Waals surface area contributed by atoms with Crippen LogP contribution in [0.5, 0.6) is 0 Å². The molecule has 5 nitrogen and oxygen atoms in total. The fourth-order valence-corrected chi connectivity index (χ4v) is 4.84. The van der Waals surface area contributed by atoms with E-state index in [1.165, 1.54) is 9.78 Å². The number of benzene rings is 1. The minimum Gasteiger partial charge on any atom is -0.326 e. The third-order valence-corrected chi connectivity index (χ3v) is 6.89. The molecule has 1 unspecified atom stereocenters. The Bertz CT molecular complexity index is 1170. The zero-order chi connectivity index (χ0) is 22.2. The summed E-state index contributed by atoms with van der Waals surface area (Å²) >= 11 is 1.65. The molecular formula is C25H25N3O2S. The van der Waals surface area contributed by atoms with Crippen molar-refractivity contribution in [2.45, 2.75) is 25.8 Å². The molecule has 1 aliphatic rings. The summed E-state index contributed by atoms with van der Waals surface area (Å²) in [5.41, 5.74) is 2.03. The summed E-state index contributed by atoms with van der Waals surface area (Å²) in [6, 6.07) is 17.6. The van der Waals surface area contributed by atoms with Gasteiger partial charge in [0, 0.05) is 37.2 Å². The number of pyridine rings is 1. The van der Waals surface area contributed by atoms with Crippen LogP contribution in [0.2, 0.25) is 0 Å². The Morgan fingerprint density at radius 1 is 1.03 bits per heavy atom. The molecule has 0 bridgehead atoms. The number of hydrogen-bond donors (Lipinski definition) is 0. The minimum atomic E-state index is -0.951. The lowest BCUT2D eigenvalue weighted by Crippen LogP contribution is -2.64. The Morgan fingerprint density at radius 3 is 2.45 bits per heavy atom. The van der Waals surface area contributed by atoms with E-state index in [9.17, 15) is 9.59 Å². The number of hydrogen-bond acceptors (Lipinski definition) is 4. The quantitative estimate of drug-likeness (QED) is 0.576. The molecule has 6 heteroatoms. The minimum absolute atomic E-state index is 0.109. The molecule has 4 rings (SSSR count). The Labute approximate surface area is 186 Å². The summed E-state index contributed by atoms with van der Waals surface area (Å²) in [6.45, 7) is 3.88. The van der Waals surface area contributed by atoms with E-state index in [2.05, 4.69) is 18.0 Å². The SMILES string of the molecule is Cc1ccc(-c2ncccc2C=C2C(=O)N(C)C(C)(Cc3ccccc3)C(=O)N2C)s1. The molecule has 0 spiro atoms. The van der Waals surface area contributed by atoms with Gasteiger partial charge in [-0.3, -0.25) is 14.6 Å². The largest absolute Gasteiger partial charge is 0.326 e. The number of piperazine rings is 1. The van der Waals surface area contributed by atoms with Crippen molar-refractivity contribution in [2.75, 3.05) is 14.1 Å². The average molecular weight is 432 g/mol. The number of amides is 2. The molecule has 0 N–H and O–H groups in total. The third-order valence-electron chi connectivity index (χ3n) is 5.89. The molecule has 3 heterocycles. The molecule has 0 radical (unpaired) electrons. The van der Waals surface area contributed by atoms with E-state index < -0.39 is 5.54 Å². The maximum Gasteiger partial charge on any atom is 0.271 e. The summed E-state index contributed by atoms with van der Waals surface area (Å²) in [4.78, 5) is 36.7. The van der Waals surface area contributed by atoms with Crippen molar-refractivity contribution >= 4 is 29.2 Å². The monoisotopic (exact) mass is 431 g/mol. The molecule has 1 aromatic carbocycles. The summed E-state index contributed by atoms with van der Waals surface area (Å²) in [6.07, 6.45) is 3.97. The van der Waals surface area contributed by atoms with Crippen LogP contribution in [0.25, 0.3) is 16.6 Å². The van der Waals surface area contributed by atoms with E-state index >= 15 is 0 Å². The molecule has 3 aromatic rings. The smallest absolute Gasteiger partial charge is 0.271 e. The van der Waals surface area contributed by atoms with Crippen LogP contribution in [-0.4, -0.2) is 46.2 Å². The molecule has 2 aromatic heterocycles. The second-order valence-corrected chi connectivity index (χ2v) is 9.33. The fourth-order valence-electron chi connectivity index (χ4n) is 3.95. The van der Waals surface area contributed by atoms with Gasteiger partial charge in [0.25, 0.3) is 11.8 Å². The van der Waals surface area contributed by atoms with Crippen molar-refractivity contribution in [2.24, 2.45) is 0 Å². The van der Waals surface area contributed by atoms with Crippen LogP contribution in [0, 0.1) is 6.92 Å². The molecule has 0 aliphatic carbocycles. The number of likely N-dealkylation sites (N-methyl/N-ethyl adjacent to an activating group) is 2. The van der Waals surface area contributed by atoms with Crippen LogP contribution in [0.3, 0.4) is 0 Å². The van der Waals surface area contributed by atoms with Gasteiger partial charge in [-0.25, -0.2) is 0 Å². The molecular weight excluding hydrogens is 406 g/mol. The molecule has 2 amide bonds. The van der Waals surface area contributed by atoms with E-state index in [0.717, 1.165) is 21.7 Å². The number of aromatic nitrogens is 1. The van der Waals surface area contributed by atoms with E-state index in [1.54, 1.807) is 42.6 Å². The van der Waals surface area contributed by atoms with Crippen molar-refractivity contribution in [3.05, 3.63) is 82.5 Å². The molecule has 158 valence electrons. The van der Waals surface area contributed by atoms with Crippen molar-refractivity contribution in [1.29, 1.82) is 0 Å². The zero-order valence-electron chi connectivity index (χ0n) is 18.1. The van der Waals surface area contributed by atoms with Crippen LogP contribution in [0.15, 0.2) is 66.5 Å². The predicted molar refractivity (Wildman–Crippen MR) is 124 cm³/mol. The summed E-state index contributed by atoms with van der Waals surface area (Å²) < 4.78 is 0. The van der Waals surface area contributed by atoms with Crippen LogP contribution in [0.4, 0.5) is 0 Å². The first-order valence-electron chi connectivity index (χ1n) is 10.1. The normalized spacial score (nSPS) is 20.6. The second kappa shape index (κ2) is 8.12. The van der Waals surface area contributed by atoms with Crippen molar-refractivity contribution in [1.82, 2.24) is 14.8 Å². The second-order valence-electron chi connectivity index (χ2n) is 8.05. The number of nitrogens with zero attached hydrogens (tertiary/aromatic N) is 3. The van der Waals surface area contributed by atoms with E-state index in [0.29, 0.717) is 12.1 Å². The topological polar surface area (TPSA) is 53.5 Å². The van der Waals surface area contributed by atoms with Gasteiger partial charge >= 0.3 is 0 Å². The highest BCUT2D eigenvalue weighted by Crippen LogP contribution is 2.34. The van der Waals surface area contributed by atoms with Crippen LogP contribution in [-0.2, 0) is 16.0 Å². The Morgan fingerprint density at radius 2 is 1.77 bits per heavy atom. The highest BCUT2D eigenvalue weighted by Gasteiger charge is 2.48. The lowest BCUT2D eigenvalue weighted by Gasteiger charge is -2.45. The lowest BCUT2D eigenvalue weighted by molar-refractivity contribution is -0.155. The predicted octanol–water partition coefficient (Wildman–Crippen LogP) is 4.39. The van der Waals surface area contributed by atoms with Gasteiger partial charge in [0.1, 0.15) is 11.2 Å². The van der Waals surface area contributed by atoms with Gasteiger partial charge in [-0.05, 0) is 43.7 Å². The third kappa shape index (κ3) is 3.79. The van der Waals surface area contributed by atoms with E-state index in [1.807, 2.05) is 55.5 Å². The molecule has 1 atom stereocenters. The zero-order valence-corrected chi connectivity index (χ0v) is 18.9. The van der Waals surface area contributed by atoms with Gasteiger partial charge in [0.2, 0.25) is 0 Å². The molecule has 1 saturated heterocycles. The van der Waals surface area contributed by atoms with Crippen molar-refractivity contribution in [3.63, 3.8) is 0 Å². The fraction of sp³-hybridized carbons (Fsp3) is 0.240. The number of aryl methyl sites for hydroxylation is 1. The number of carbonyl (C=O) groups is 2. The number of carbonyl (C=O) groups excluding carboxylic acids is 2. The summed E-state index contributed by atoms with van der Waals surface area (Å²) in [5.74, 6) is -0.292. The molecule has 1 fully saturated rings. The Hall–Kier alpha value is -3.25. The van der Waals surface area contributed by atoms with Crippen LogP contribution < -0.4 is 0 Å².